The third-order valence-corrected chi connectivity index (χ3v) is 2.00. The van der Waals surface area contributed by atoms with Crippen LogP contribution in [0.1, 0.15) is 19.4 Å². The molecule has 1 amide bonds. The van der Waals surface area contributed by atoms with E-state index in [2.05, 4.69) is 10.3 Å². The second-order valence-corrected chi connectivity index (χ2v) is 3.41. The highest BCUT2D eigenvalue weighted by Crippen LogP contribution is 2.13. The summed E-state index contributed by atoms with van der Waals surface area (Å²) >= 11 is 0. The highest BCUT2D eigenvalue weighted by Gasteiger charge is 2.09. The molecule has 1 heterocycles. The van der Waals surface area contributed by atoms with Gasteiger partial charge in [0, 0.05) is 18.3 Å². The molecule has 0 aliphatic rings. The molecule has 1 atom stereocenters. The minimum Gasteiger partial charge on any atom is -0.478 e. The number of pyridine rings is 1. The molecule has 0 saturated carbocycles. The summed E-state index contributed by atoms with van der Waals surface area (Å²) in [5.74, 6) is 0.362. The second kappa shape index (κ2) is 6.07. The molecular weight excluding hydrogens is 206 g/mol. The quantitative estimate of drug-likeness (QED) is 0.759. The highest BCUT2D eigenvalue weighted by atomic mass is 16.5. The van der Waals surface area contributed by atoms with E-state index in [-0.39, 0.29) is 5.91 Å². The van der Waals surface area contributed by atoms with Crippen LogP contribution in [0.5, 0.6) is 5.88 Å². The molecule has 0 bridgehead atoms. The van der Waals surface area contributed by atoms with Crippen molar-refractivity contribution < 1.29 is 9.53 Å². The molecule has 5 heteroatoms. The lowest BCUT2D eigenvalue weighted by Gasteiger charge is -2.10. The number of nitrogens with zero attached hydrogens (tertiary/aromatic N) is 1. The maximum absolute atomic E-state index is 11.3. The van der Waals surface area contributed by atoms with Crippen LogP contribution in [-0.4, -0.2) is 23.5 Å². The molecule has 3 N–H and O–H groups in total. The van der Waals surface area contributed by atoms with Crippen LogP contribution in [0.25, 0.3) is 0 Å². The van der Waals surface area contributed by atoms with Crippen LogP contribution in [0.2, 0.25) is 0 Å². The number of aromatic nitrogens is 1. The number of nitrogens with two attached hydrogens (primary N) is 1. The van der Waals surface area contributed by atoms with E-state index in [1.165, 1.54) is 0 Å². The molecule has 0 fully saturated rings. The average molecular weight is 223 g/mol. The first-order valence-corrected chi connectivity index (χ1v) is 5.25. The predicted octanol–water partition coefficient (Wildman–Crippen LogP) is 0.444. The topological polar surface area (TPSA) is 77.2 Å². The van der Waals surface area contributed by atoms with E-state index < -0.39 is 6.04 Å². The van der Waals surface area contributed by atoms with Gasteiger partial charge in [-0.25, -0.2) is 4.98 Å². The summed E-state index contributed by atoms with van der Waals surface area (Å²) in [5.41, 5.74) is 6.28. The lowest BCUT2D eigenvalue weighted by Crippen LogP contribution is -2.37. The Kier molecular flexibility index (Phi) is 4.72. The van der Waals surface area contributed by atoms with Crippen molar-refractivity contribution in [2.75, 3.05) is 6.61 Å². The summed E-state index contributed by atoms with van der Waals surface area (Å²) in [5, 5.41) is 2.71. The van der Waals surface area contributed by atoms with Crippen LogP contribution in [0.15, 0.2) is 18.3 Å². The molecule has 0 radical (unpaired) electrons. The molecule has 0 saturated heterocycles. The van der Waals surface area contributed by atoms with E-state index in [1.807, 2.05) is 13.0 Å². The Morgan fingerprint density at radius 2 is 2.44 bits per heavy atom. The van der Waals surface area contributed by atoms with Gasteiger partial charge in [0.05, 0.1) is 12.6 Å². The van der Waals surface area contributed by atoms with Crippen LogP contribution < -0.4 is 15.8 Å². The summed E-state index contributed by atoms with van der Waals surface area (Å²) in [6.45, 7) is 4.45. The largest absolute Gasteiger partial charge is 0.478 e. The highest BCUT2D eigenvalue weighted by molar-refractivity contribution is 5.80. The fourth-order valence-corrected chi connectivity index (χ4v) is 1.17. The van der Waals surface area contributed by atoms with Crippen molar-refractivity contribution in [3.05, 3.63) is 23.9 Å². The van der Waals surface area contributed by atoms with E-state index in [0.29, 0.717) is 19.0 Å². The molecule has 1 unspecified atom stereocenters. The van der Waals surface area contributed by atoms with Crippen LogP contribution >= 0.6 is 0 Å². The zero-order valence-electron chi connectivity index (χ0n) is 9.56. The van der Waals surface area contributed by atoms with Gasteiger partial charge < -0.3 is 15.8 Å². The average Bonchev–Trinajstić information content (AvgIpc) is 2.27. The molecule has 0 aliphatic carbocycles. The summed E-state index contributed by atoms with van der Waals surface area (Å²) in [4.78, 5) is 15.4. The summed E-state index contributed by atoms with van der Waals surface area (Å²) in [6.07, 6.45) is 1.65. The zero-order chi connectivity index (χ0) is 12.0. The van der Waals surface area contributed by atoms with Crippen molar-refractivity contribution in [3.63, 3.8) is 0 Å². The monoisotopic (exact) mass is 223 g/mol. The van der Waals surface area contributed by atoms with Gasteiger partial charge in [0.2, 0.25) is 11.8 Å². The smallest absolute Gasteiger partial charge is 0.236 e. The first kappa shape index (κ1) is 12.4. The van der Waals surface area contributed by atoms with Gasteiger partial charge in [0.25, 0.3) is 0 Å². The normalized spacial score (nSPS) is 11.9. The molecule has 5 nitrogen and oxygen atoms in total. The van der Waals surface area contributed by atoms with Crippen LogP contribution in [0.3, 0.4) is 0 Å². The number of nitrogens with one attached hydrogen (secondary N) is 1. The molecule has 0 aromatic carbocycles. The maximum atomic E-state index is 11.3. The SMILES string of the molecule is CCOc1ncccc1CNC(=O)C(C)N. The van der Waals surface area contributed by atoms with Gasteiger partial charge in [-0.05, 0) is 19.9 Å². The fourth-order valence-electron chi connectivity index (χ4n) is 1.17. The summed E-state index contributed by atoms with van der Waals surface area (Å²) in [7, 11) is 0. The van der Waals surface area contributed by atoms with E-state index in [9.17, 15) is 4.79 Å². The number of ether oxygens (including phenoxy) is 1. The van der Waals surface area contributed by atoms with Gasteiger partial charge in [-0.2, -0.15) is 0 Å². The third-order valence-electron chi connectivity index (χ3n) is 2.00. The van der Waals surface area contributed by atoms with Crippen molar-refractivity contribution in [1.82, 2.24) is 10.3 Å². The third kappa shape index (κ3) is 3.51. The standard InChI is InChI=1S/C11H17N3O2/c1-3-16-11-9(5-4-6-13-11)7-14-10(15)8(2)12/h4-6,8H,3,7,12H2,1-2H3,(H,14,15). The Labute approximate surface area is 95.0 Å². The molecule has 0 aliphatic heterocycles. The Morgan fingerprint density at radius 3 is 3.06 bits per heavy atom. The molecule has 16 heavy (non-hydrogen) atoms. The molecule has 1 aromatic heterocycles. The summed E-state index contributed by atoms with van der Waals surface area (Å²) < 4.78 is 5.34. The van der Waals surface area contributed by atoms with Crippen LogP contribution in [-0.2, 0) is 11.3 Å². The van der Waals surface area contributed by atoms with E-state index in [0.717, 1.165) is 5.56 Å². The molecule has 88 valence electrons. The fraction of sp³-hybridized carbons (Fsp3) is 0.455. The van der Waals surface area contributed by atoms with Gasteiger partial charge in [-0.3, -0.25) is 4.79 Å². The summed E-state index contributed by atoms with van der Waals surface area (Å²) in [6, 6.07) is 3.15. The van der Waals surface area contributed by atoms with Crippen molar-refractivity contribution in [2.24, 2.45) is 5.73 Å². The lowest BCUT2D eigenvalue weighted by atomic mass is 10.2. The van der Waals surface area contributed by atoms with Crippen molar-refractivity contribution >= 4 is 5.91 Å². The van der Waals surface area contributed by atoms with Gasteiger partial charge >= 0.3 is 0 Å². The predicted molar refractivity (Wildman–Crippen MR) is 60.9 cm³/mol. The van der Waals surface area contributed by atoms with Gasteiger partial charge in [-0.1, -0.05) is 6.07 Å². The number of carbonyl (C=O) groups excluding carboxylic acids is 1. The minimum absolute atomic E-state index is 0.189. The number of amides is 1. The number of hydrogen-bond acceptors (Lipinski definition) is 4. The molecular formula is C11H17N3O2. The minimum atomic E-state index is -0.507. The van der Waals surface area contributed by atoms with Crippen LogP contribution in [0.4, 0.5) is 0 Å². The molecule has 0 spiro atoms. The van der Waals surface area contributed by atoms with E-state index in [1.54, 1.807) is 19.2 Å². The van der Waals surface area contributed by atoms with Crippen LogP contribution in [0, 0.1) is 0 Å². The first-order chi connectivity index (χ1) is 7.65. The lowest BCUT2D eigenvalue weighted by molar-refractivity contribution is -0.122. The number of hydrogen-bond donors (Lipinski definition) is 2. The van der Waals surface area contributed by atoms with Crippen molar-refractivity contribution in [3.8, 4) is 5.88 Å². The molecule has 1 aromatic rings. The second-order valence-electron chi connectivity index (χ2n) is 3.41. The zero-order valence-corrected chi connectivity index (χ0v) is 9.56. The molecule has 1 rings (SSSR count). The van der Waals surface area contributed by atoms with Gasteiger partial charge in [0.15, 0.2) is 0 Å². The number of carbonyl (C=O) groups is 1. The van der Waals surface area contributed by atoms with Gasteiger partial charge in [0.1, 0.15) is 0 Å². The van der Waals surface area contributed by atoms with E-state index >= 15 is 0 Å². The number of rotatable bonds is 5. The Hall–Kier alpha value is -1.62. The Bertz CT molecular complexity index is 353. The first-order valence-electron chi connectivity index (χ1n) is 5.25. The van der Waals surface area contributed by atoms with Gasteiger partial charge in [-0.15, -0.1) is 0 Å². The maximum Gasteiger partial charge on any atom is 0.236 e. The van der Waals surface area contributed by atoms with E-state index in [4.69, 9.17) is 10.5 Å². The van der Waals surface area contributed by atoms with Crippen molar-refractivity contribution in [2.45, 2.75) is 26.4 Å². The Morgan fingerprint density at radius 1 is 1.69 bits per heavy atom. The Balaban J connectivity index is 2.62. The van der Waals surface area contributed by atoms with Crippen molar-refractivity contribution in [1.29, 1.82) is 0 Å².